The molecule has 0 radical (unpaired) electrons. The summed E-state index contributed by atoms with van der Waals surface area (Å²) < 4.78 is 7.87. The molecule has 7 heteroatoms. The fourth-order valence-electron chi connectivity index (χ4n) is 2.28. The molecule has 0 saturated heterocycles. The summed E-state index contributed by atoms with van der Waals surface area (Å²) in [6, 6.07) is 14.6. The summed E-state index contributed by atoms with van der Waals surface area (Å²) in [5.74, 6) is 0.513. The van der Waals surface area contributed by atoms with Gasteiger partial charge in [-0.3, -0.25) is 9.36 Å². The van der Waals surface area contributed by atoms with Crippen LogP contribution in [-0.4, -0.2) is 22.6 Å². The molecule has 0 aliphatic carbocycles. The van der Waals surface area contributed by atoms with Crippen LogP contribution in [0, 0.1) is 0 Å². The number of nitrogens with zero attached hydrogens (tertiary/aromatic N) is 2. The highest BCUT2D eigenvalue weighted by atomic mass is 79.9. The molecule has 1 amide bonds. The van der Waals surface area contributed by atoms with E-state index in [9.17, 15) is 4.79 Å². The maximum absolute atomic E-state index is 12.4. The molecule has 3 N–H and O–H groups in total. The number of ether oxygens (including phenoxy) is 1. The Hall–Kier alpha value is -2.80. The predicted molar refractivity (Wildman–Crippen MR) is 96.6 cm³/mol. The Kier molecular flexibility index (Phi) is 4.52. The monoisotopic (exact) mass is 386 g/mol. The van der Waals surface area contributed by atoms with Gasteiger partial charge in [0.25, 0.3) is 5.91 Å². The van der Waals surface area contributed by atoms with Crippen LogP contribution < -0.4 is 15.8 Å². The summed E-state index contributed by atoms with van der Waals surface area (Å²) >= 11 is 3.35. The summed E-state index contributed by atoms with van der Waals surface area (Å²) in [7, 11) is 1.58. The molecule has 3 aromatic rings. The number of para-hydroxylation sites is 2. The number of benzene rings is 2. The van der Waals surface area contributed by atoms with Gasteiger partial charge in [-0.25, -0.2) is 4.98 Å². The van der Waals surface area contributed by atoms with E-state index in [-0.39, 0.29) is 17.4 Å². The zero-order valence-electron chi connectivity index (χ0n) is 12.9. The lowest BCUT2D eigenvalue weighted by atomic mass is 10.3. The Bertz CT molecular complexity index is 875. The Morgan fingerprint density at radius 1 is 1.21 bits per heavy atom. The second kappa shape index (κ2) is 6.76. The first-order valence-corrected chi connectivity index (χ1v) is 7.92. The number of amides is 1. The van der Waals surface area contributed by atoms with E-state index in [0.29, 0.717) is 17.1 Å². The molecule has 0 aliphatic rings. The van der Waals surface area contributed by atoms with E-state index < -0.39 is 0 Å². The van der Waals surface area contributed by atoms with Crippen LogP contribution in [0.5, 0.6) is 5.75 Å². The van der Waals surface area contributed by atoms with Gasteiger partial charge in [0.2, 0.25) is 0 Å². The number of carbonyl (C=O) groups is 1. The first-order valence-electron chi connectivity index (χ1n) is 7.13. The maximum atomic E-state index is 12.4. The van der Waals surface area contributed by atoms with Crippen molar-refractivity contribution in [3.63, 3.8) is 0 Å². The molecule has 0 unspecified atom stereocenters. The minimum Gasteiger partial charge on any atom is -0.495 e. The van der Waals surface area contributed by atoms with Crippen LogP contribution >= 0.6 is 15.9 Å². The van der Waals surface area contributed by atoms with Crippen LogP contribution in [0.2, 0.25) is 0 Å². The molecule has 0 atom stereocenters. The molecule has 0 fully saturated rings. The lowest BCUT2D eigenvalue weighted by Gasteiger charge is -2.10. The van der Waals surface area contributed by atoms with Crippen LogP contribution in [0.1, 0.15) is 10.5 Å². The number of aromatic nitrogens is 2. The zero-order chi connectivity index (χ0) is 17.1. The number of halogens is 1. The molecule has 3 rings (SSSR count). The third-order valence-electron chi connectivity index (χ3n) is 3.47. The Balaban J connectivity index is 1.89. The molecular formula is C17H15BrN4O2. The Morgan fingerprint density at radius 2 is 1.92 bits per heavy atom. The first kappa shape index (κ1) is 16.1. The van der Waals surface area contributed by atoms with Crippen molar-refractivity contribution in [3.8, 4) is 11.4 Å². The molecule has 1 heterocycles. The second-order valence-electron chi connectivity index (χ2n) is 4.98. The largest absolute Gasteiger partial charge is 0.495 e. The van der Waals surface area contributed by atoms with Gasteiger partial charge in [0.15, 0.2) is 5.69 Å². The van der Waals surface area contributed by atoms with Gasteiger partial charge in [-0.05, 0) is 36.4 Å². The summed E-state index contributed by atoms with van der Waals surface area (Å²) in [5.41, 5.74) is 7.65. The van der Waals surface area contributed by atoms with Crippen molar-refractivity contribution in [3.05, 3.63) is 65.0 Å². The smallest absolute Gasteiger partial charge is 0.278 e. The minimum absolute atomic E-state index is 0.156. The average Bonchev–Trinajstić information content (AvgIpc) is 2.98. The number of hydrogen-bond acceptors (Lipinski definition) is 4. The SMILES string of the molecule is COc1ccccc1-n1cnc(C(=O)Nc2ccc(Br)cc2)c1N. The molecule has 0 aliphatic heterocycles. The van der Waals surface area contributed by atoms with Gasteiger partial charge in [-0.2, -0.15) is 0 Å². The van der Waals surface area contributed by atoms with Crippen LogP contribution in [0.25, 0.3) is 5.69 Å². The number of hydrogen-bond donors (Lipinski definition) is 2. The Morgan fingerprint density at radius 3 is 2.62 bits per heavy atom. The summed E-state index contributed by atoms with van der Waals surface area (Å²) in [5, 5.41) is 2.77. The van der Waals surface area contributed by atoms with Gasteiger partial charge < -0.3 is 15.8 Å². The van der Waals surface area contributed by atoms with Gasteiger partial charge in [0.05, 0.1) is 12.8 Å². The molecule has 6 nitrogen and oxygen atoms in total. The molecule has 0 spiro atoms. The maximum Gasteiger partial charge on any atom is 0.278 e. The minimum atomic E-state index is -0.372. The fraction of sp³-hybridized carbons (Fsp3) is 0.0588. The Labute approximate surface area is 147 Å². The number of imidazole rings is 1. The lowest BCUT2D eigenvalue weighted by Crippen LogP contribution is -2.15. The van der Waals surface area contributed by atoms with Crippen molar-refractivity contribution in [2.75, 3.05) is 18.2 Å². The van der Waals surface area contributed by atoms with Gasteiger partial charge in [0, 0.05) is 10.2 Å². The molecule has 1 aromatic heterocycles. The second-order valence-corrected chi connectivity index (χ2v) is 5.90. The highest BCUT2D eigenvalue weighted by Crippen LogP contribution is 2.26. The van der Waals surface area contributed by atoms with E-state index in [0.717, 1.165) is 4.47 Å². The number of methoxy groups -OCH3 is 1. The van der Waals surface area contributed by atoms with E-state index in [1.807, 2.05) is 36.4 Å². The number of anilines is 2. The van der Waals surface area contributed by atoms with Crippen molar-refractivity contribution in [2.24, 2.45) is 0 Å². The first-order chi connectivity index (χ1) is 11.6. The third-order valence-corrected chi connectivity index (χ3v) is 4.00. The number of carbonyl (C=O) groups excluding carboxylic acids is 1. The summed E-state index contributed by atoms with van der Waals surface area (Å²) in [4.78, 5) is 16.6. The van der Waals surface area contributed by atoms with E-state index >= 15 is 0 Å². The van der Waals surface area contributed by atoms with Crippen LogP contribution in [-0.2, 0) is 0 Å². The topological polar surface area (TPSA) is 82.2 Å². The highest BCUT2D eigenvalue weighted by molar-refractivity contribution is 9.10. The average molecular weight is 387 g/mol. The van der Waals surface area contributed by atoms with E-state index in [1.165, 1.54) is 6.33 Å². The third kappa shape index (κ3) is 3.11. The molecule has 122 valence electrons. The van der Waals surface area contributed by atoms with E-state index in [2.05, 4.69) is 26.2 Å². The van der Waals surface area contributed by atoms with Crippen molar-refractivity contribution in [1.29, 1.82) is 0 Å². The van der Waals surface area contributed by atoms with Crippen LogP contribution in [0.3, 0.4) is 0 Å². The summed E-state index contributed by atoms with van der Waals surface area (Å²) in [6.45, 7) is 0. The number of nitrogen functional groups attached to an aromatic ring is 1. The van der Waals surface area contributed by atoms with Gasteiger partial charge in [-0.1, -0.05) is 28.1 Å². The van der Waals surface area contributed by atoms with Crippen molar-refractivity contribution >= 4 is 33.3 Å². The fourth-order valence-corrected chi connectivity index (χ4v) is 2.54. The van der Waals surface area contributed by atoms with E-state index in [4.69, 9.17) is 10.5 Å². The standard InChI is InChI=1S/C17H15BrN4O2/c1-24-14-5-3-2-4-13(14)22-10-20-15(16(22)19)17(23)21-12-8-6-11(18)7-9-12/h2-10H,19H2,1H3,(H,21,23). The molecule has 24 heavy (non-hydrogen) atoms. The number of nitrogens with two attached hydrogens (primary N) is 1. The van der Waals surface area contributed by atoms with E-state index in [1.54, 1.807) is 23.8 Å². The molecule has 0 saturated carbocycles. The quantitative estimate of drug-likeness (QED) is 0.718. The predicted octanol–water partition coefficient (Wildman–Crippen LogP) is 3.48. The lowest BCUT2D eigenvalue weighted by molar-refractivity contribution is 0.102. The zero-order valence-corrected chi connectivity index (χ0v) is 14.4. The molecular weight excluding hydrogens is 372 g/mol. The van der Waals surface area contributed by atoms with Crippen LogP contribution in [0.4, 0.5) is 11.5 Å². The van der Waals surface area contributed by atoms with Crippen molar-refractivity contribution in [1.82, 2.24) is 9.55 Å². The summed E-state index contributed by atoms with van der Waals surface area (Å²) in [6.07, 6.45) is 1.50. The van der Waals surface area contributed by atoms with Crippen molar-refractivity contribution in [2.45, 2.75) is 0 Å². The van der Waals surface area contributed by atoms with Gasteiger partial charge in [-0.15, -0.1) is 0 Å². The number of rotatable bonds is 4. The normalized spacial score (nSPS) is 10.4. The van der Waals surface area contributed by atoms with Crippen LogP contribution in [0.15, 0.2) is 59.3 Å². The van der Waals surface area contributed by atoms with Crippen molar-refractivity contribution < 1.29 is 9.53 Å². The molecule has 0 bridgehead atoms. The number of nitrogens with one attached hydrogen (secondary N) is 1. The highest BCUT2D eigenvalue weighted by Gasteiger charge is 2.18. The van der Waals surface area contributed by atoms with Gasteiger partial charge in [0.1, 0.15) is 17.9 Å². The molecule has 2 aromatic carbocycles. The van der Waals surface area contributed by atoms with Gasteiger partial charge >= 0.3 is 0 Å².